The highest BCUT2D eigenvalue weighted by molar-refractivity contribution is 5.80. The molecule has 0 aliphatic heterocycles. The molecule has 0 amide bonds. The summed E-state index contributed by atoms with van der Waals surface area (Å²) in [5, 5.41) is 3.04. The first-order chi connectivity index (χ1) is 9.39. The molecule has 3 unspecified atom stereocenters. The van der Waals surface area contributed by atoms with Gasteiger partial charge in [-0.05, 0) is 34.2 Å². The van der Waals surface area contributed by atoms with Crippen molar-refractivity contribution >= 4 is 5.97 Å². The number of unbranched alkanes of at least 4 members (excludes halogenated alkanes) is 3. The van der Waals surface area contributed by atoms with E-state index in [0.29, 0.717) is 6.42 Å². The van der Waals surface area contributed by atoms with Crippen molar-refractivity contribution in [2.24, 2.45) is 0 Å². The van der Waals surface area contributed by atoms with Gasteiger partial charge in [-0.15, -0.1) is 0 Å². The van der Waals surface area contributed by atoms with E-state index in [2.05, 4.69) is 19.2 Å². The van der Waals surface area contributed by atoms with Gasteiger partial charge in [0.05, 0.1) is 19.3 Å². The van der Waals surface area contributed by atoms with Crippen LogP contribution in [0, 0.1) is 0 Å². The van der Waals surface area contributed by atoms with E-state index in [4.69, 9.17) is 9.47 Å². The number of carbonyl (C=O) groups is 1. The zero-order valence-corrected chi connectivity index (χ0v) is 14.1. The summed E-state index contributed by atoms with van der Waals surface area (Å²) in [6.07, 6.45) is 6.98. The van der Waals surface area contributed by atoms with Gasteiger partial charge in [-0.25, -0.2) is 0 Å². The third kappa shape index (κ3) is 7.25. The number of ether oxygens (including phenoxy) is 2. The van der Waals surface area contributed by atoms with Crippen molar-refractivity contribution in [3.05, 3.63) is 0 Å². The molecule has 4 heteroatoms. The summed E-state index contributed by atoms with van der Waals surface area (Å²) in [6, 6.07) is 0. The molecule has 0 fully saturated rings. The monoisotopic (exact) mass is 287 g/mol. The average molecular weight is 287 g/mol. The molecule has 0 aromatic carbocycles. The molecule has 0 aliphatic rings. The Bertz CT molecular complexity index is 270. The van der Waals surface area contributed by atoms with E-state index >= 15 is 0 Å². The molecule has 0 saturated carbocycles. The molecule has 120 valence electrons. The maximum atomic E-state index is 11.8. The fourth-order valence-electron chi connectivity index (χ4n) is 2.46. The van der Waals surface area contributed by atoms with Crippen LogP contribution in [0.25, 0.3) is 0 Å². The van der Waals surface area contributed by atoms with Crippen molar-refractivity contribution in [3.63, 3.8) is 0 Å². The van der Waals surface area contributed by atoms with Gasteiger partial charge in [0.1, 0.15) is 5.54 Å². The predicted octanol–water partition coefficient (Wildman–Crippen LogP) is 3.29. The van der Waals surface area contributed by atoms with Crippen molar-refractivity contribution in [3.8, 4) is 0 Å². The molecule has 0 saturated heterocycles. The van der Waals surface area contributed by atoms with Crippen LogP contribution in [0.15, 0.2) is 0 Å². The number of methoxy groups -OCH3 is 1. The molecular formula is C16H33NO3. The third-order valence-electron chi connectivity index (χ3n) is 3.81. The summed E-state index contributed by atoms with van der Waals surface area (Å²) < 4.78 is 10.8. The highest BCUT2D eigenvalue weighted by Gasteiger charge is 2.34. The van der Waals surface area contributed by atoms with Gasteiger partial charge >= 0.3 is 5.97 Å². The minimum Gasteiger partial charge on any atom is -0.468 e. The molecule has 0 spiro atoms. The fraction of sp³-hybridized carbons (Fsp3) is 0.938. The Labute approximate surface area is 124 Å². The minimum absolute atomic E-state index is 0.0210. The lowest BCUT2D eigenvalue weighted by Crippen LogP contribution is -2.50. The third-order valence-corrected chi connectivity index (χ3v) is 3.81. The lowest BCUT2D eigenvalue weighted by Gasteiger charge is -2.30. The van der Waals surface area contributed by atoms with Crippen molar-refractivity contribution in [2.45, 2.75) is 84.0 Å². The van der Waals surface area contributed by atoms with Crippen LogP contribution in [0.4, 0.5) is 0 Å². The second kappa shape index (κ2) is 10.2. The molecular weight excluding hydrogens is 254 g/mol. The van der Waals surface area contributed by atoms with Crippen LogP contribution in [0.3, 0.4) is 0 Å². The summed E-state index contributed by atoms with van der Waals surface area (Å²) in [6.45, 7) is 8.19. The van der Waals surface area contributed by atoms with Crippen LogP contribution in [0.5, 0.6) is 0 Å². The second-order valence-electron chi connectivity index (χ2n) is 5.88. The Balaban J connectivity index is 4.12. The summed E-state index contributed by atoms with van der Waals surface area (Å²) in [5.41, 5.74) is -0.684. The number of nitrogens with one attached hydrogen (secondary N) is 1. The highest BCUT2D eigenvalue weighted by atomic mass is 16.5. The Kier molecular flexibility index (Phi) is 9.86. The molecule has 0 aliphatic carbocycles. The van der Waals surface area contributed by atoms with Crippen molar-refractivity contribution < 1.29 is 14.3 Å². The Morgan fingerprint density at radius 2 is 1.85 bits per heavy atom. The Morgan fingerprint density at radius 1 is 1.20 bits per heavy atom. The first kappa shape index (κ1) is 19.4. The largest absolute Gasteiger partial charge is 0.468 e. The zero-order chi connectivity index (χ0) is 15.6. The predicted molar refractivity (Wildman–Crippen MR) is 82.9 cm³/mol. The minimum atomic E-state index is -0.684. The van der Waals surface area contributed by atoms with Gasteiger partial charge in [-0.1, -0.05) is 32.6 Å². The van der Waals surface area contributed by atoms with Gasteiger partial charge in [-0.3, -0.25) is 4.79 Å². The van der Waals surface area contributed by atoms with Crippen LogP contribution in [-0.2, 0) is 14.3 Å². The number of esters is 1. The molecule has 0 rings (SSSR count). The normalized spacial score (nSPS) is 17.3. The smallest absolute Gasteiger partial charge is 0.325 e. The molecule has 20 heavy (non-hydrogen) atoms. The molecule has 0 aromatic rings. The Morgan fingerprint density at radius 3 is 2.35 bits per heavy atom. The molecule has 1 N–H and O–H groups in total. The van der Waals surface area contributed by atoms with E-state index in [1.165, 1.54) is 32.8 Å². The zero-order valence-electron chi connectivity index (χ0n) is 14.1. The lowest BCUT2D eigenvalue weighted by molar-refractivity contribution is -0.149. The van der Waals surface area contributed by atoms with E-state index in [-0.39, 0.29) is 18.2 Å². The SMILES string of the molecule is CCCCCCC(C)OC(C)CC(C)(NC)C(=O)OC. The highest BCUT2D eigenvalue weighted by Crippen LogP contribution is 2.18. The topological polar surface area (TPSA) is 47.6 Å². The van der Waals surface area contributed by atoms with E-state index in [1.54, 1.807) is 7.05 Å². The molecule has 0 heterocycles. The lowest BCUT2D eigenvalue weighted by atomic mass is 9.95. The molecule has 3 atom stereocenters. The van der Waals surface area contributed by atoms with Crippen molar-refractivity contribution in [2.75, 3.05) is 14.2 Å². The van der Waals surface area contributed by atoms with Crippen LogP contribution < -0.4 is 5.32 Å². The second-order valence-corrected chi connectivity index (χ2v) is 5.88. The van der Waals surface area contributed by atoms with E-state index < -0.39 is 5.54 Å². The first-order valence-corrected chi connectivity index (χ1v) is 7.82. The van der Waals surface area contributed by atoms with Gasteiger partial charge in [-0.2, -0.15) is 0 Å². The van der Waals surface area contributed by atoms with Gasteiger partial charge in [0.15, 0.2) is 0 Å². The maximum absolute atomic E-state index is 11.8. The molecule has 4 nitrogen and oxygen atoms in total. The first-order valence-electron chi connectivity index (χ1n) is 7.82. The van der Waals surface area contributed by atoms with Crippen LogP contribution >= 0.6 is 0 Å². The fourth-order valence-corrected chi connectivity index (χ4v) is 2.46. The van der Waals surface area contributed by atoms with Crippen molar-refractivity contribution in [1.29, 1.82) is 0 Å². The summed E-state index contributed by atoms with van der Waals surface area (Å²) in [7, 11) is 3.19. The number of carbonyl (C=O) groups excluding carboxylic acids is 1. The summed E-state index contributed by atoms with van der Waals surface area (Å²) in [4.78, 5) is 11.8. The van der Waals surface area contributed by atoms with E-state index in [1.807, 2.05) is 13.8 Å². The van der Waals surface area contributed by atoms with Gasteiger partial charge in [0.25, 0.3) is 0 Å². The molecule has 0 radical (unpaired) electrons. The maximum Gasteiger partial charge on any atom is 0.325 e. The average Bonchev–Trinajstić information content (AvgIpc) is 2.42. The van der Waals surface area contributed by atoms with Gasteiger partial charge in [0, 0.05) is 6.42 Å². The number of likely N-dealkylation sites (N-methyl/N-ethyl adjacent to an activating group) is 1. The van der Waals surface area contributed by atoms with E-state index in [9.17, 15) is 4.79 Å². The molecule has 0 aromatic heterocycles. The summed E-state index contributed by atoms with van der Waals surface area (Å²) >= 11 is 0. The van der Waals surface area contributed by atoms with Crippen LogP contribution in [-0.4, -0.2) is 37.9 Å². The van der Waals surface area contributed by atoms with Crippen LogP contribution in [0.2, 0.25) is 0 Å². The van der Waals surface area contributed by atoms with Gasteiger partial charge in [0.2, 0.25) is 0 Å². The van der Waals surface area contributed by atoms with Crippen molar-refractivity contribution in [1.82, 2.24) is 5.32 Å². The number of rotatable bonds is 11. The number of hydrogen-bond donors (Lipinski definition) is 1. The summed E-state index contributed by atoms with van der Waals surface area (Å²) in [5.74, 6) is -0.244. The quantitative estimate of drug-likeness (QED) is 0.468. The van der Waals surface area contributed by atoms with E-state index in [0.717, 1.165) is 6.42 Å². The molecule has 0 bridgehead atoms. The standard InChI is InChI=1S/C16H33NO3/c1-7-8-9-10-11-13(2)20-14(3)12-16(4,17-5)15(18)19-6/h13-14,17H,7-12H2,1-6H3. The van der Waals surface area contributed by atoms with Gasteiger partial charge < -0.3 is 14.8 Å². The van der Waals surface area contributed by atoms with Crippen LogP contribution in [0.1, 0.15) is 66.2 Å². The Hall–Kier alpha value is -0.610. The number of hydrogen-bond acceptors (Lipinski definition) is 4.